The van der Waals surface area contributed by atoms with Crippen molar-refractivity contribution in [1.29, 1.82) is 5.26 Å². The topological polar surface area (TPSA) is 106 Å². The fraction of sp³-hybridized carbons (Fsp3) is 0.438. The van der Waals surface area contributed by atoms with Crippen molar-refractivity contribution in [2.75, 3.05) is 13.1 Å². The van der Waals surface area contributed by atoms with E-state index in [4.69, 9.17) is 4.98 Å². The number of nitrogens with one attached hydrogen (secondary N) is 1. The molecule has 0 unspecified atom stereocenters. The summed E-state index contributed by atoms with van der Waals surface area (Å²) < 4.78 is 13.7. The molecule has 3 fully saturated rings. The lowest BCUT2D eigenvalue weighted by molar-refractivity contribution is -0.127. The first-order chi connectivity index (χ1) is 19.9. The zero-order chi connectivity index (χ0) is 28.6. The lowest BCUT2D eigenvalue weighted by Crippen LogP contribution is -2.42. The molecule has 6 rings (SSSR count). The van der Waals surface area contributed by atoms with Crippen molar-refractivity contribution in [3.8, 4) is 27.1 Å². The molecule has 2 amide bonds. The molecular formula is C32H33FN4O3S. The molecule has 0 bridgehead atoms. The lowest BCUT2D eigenvalue weighted by atomic mass is 9.76. The molecule has 2 aliphatic carbocycles. The average molecular weight is 573 g/mol. The van der Waals surface area contributed by atoms with Gasteiger partial charge in [0.25, 0.3) is 5.91 Å². The number of carbonyl (C=O) groups excluding carboxylic acids is 2. The van der Waals surface area contributed by atoms with Crippen molar-refractivity contribution in [3.05, 3.63) is 65.6 Å². The van der Waals surface area contributed by atoms with Crippen molar-refractivity contribution < 1.29 is 19.1 Å². The van der Waals surface area contributed by atoms with E-state index in [9.17, 15) is 24.3 Å². The van der Waals surface area contributed by atoms with Gasteiger partial charge in [-0.05, 0) is 80.5 Å². The Morgan fingerprint density at radius 2 is 1.66 bits per heavy atom. The van der Waals surface area contributed by atoms with Gasteiger partial charge < -0.3 is 15.3 Å². The molecular weight excluding hydrogens is 539 g/mol. The lowest BCUT2D eigenvalue weighted by Gasteiger charge is -2.31. The summed E-state index contributed by atoms with van der Waals surface area (Å²) in [6, 6.07) is 16.1. The number of benzene rings is 2. The van der Waals surface area contributed by atoms with Gasteiger partial charge in [-0.1, -0.05) is 25.0 Å². The molecule has 1 saturated heterocycles. The molecule has 212 valence electrons. The zero-order valence-electron chi connectivity index (χ0n) is 22.8. The molecule has 3 aliphatic rings. The summed E-state index contributed by atoms with van der Waals surface area (Å²) in [7, 11) is 0. The second-order valence-corrected chi connectivity index (χ2v) is 12.5. The fourth-order valence-electron chi connectivity index (χ4n) is 6.01. The van der Waals surface area contributed by atoms with Crippen LogP contribution in [0.4, 0.5) is 4.39 Å². The molecule has 2 saturated carbocycles. The van der Waals surface area contributed by atoms with E-state index in [0.29, 0.717) is 44.3 Å². The van der Waals surface area contributed by atoms with Gasteiger partial charge in [-0.15, -0.1) is 11.3 Å². The third-order valence-electron chi connectivity index (χ3n) is 8.67. The molecule has 7 nitrogen and oxygen atoms in total. The Morgan fingerprint density at radius 3 is 2.32 bits per heavy atom. The Bertz CT molecular complexity index is 1470. The molecule has 2 atom stereocenters. The van der Waals surface area contributed by atoms with E-state index in [2.05, 4.69) is 11.4 Å². The number of nitriles is 1. The Kier molecular flexibility index (Phi) is 7.62. The number of aliphatic hydroxyl groups excluding tert-OH is 1. The van der Waals surface area contributed by atoms with Crippen molar-refractivity contribution in [3.63, 3.8) is 0 Å². The van der Waals surface area contributed by atoms with E-state index in [-0.39, 0.29) is 35.6 Å². The van der Waals surface area contributed by atoms with Crippen molar-refractivity contribution in [2.45, 2.75) is 68.9 Å². The highest BCUT2D eigenvalue weighted by atomic mass is 32.1. The number of thiazole rings is 1. The maximum Gasteiger partial charge on any atom is 0.253 e. The van der Waals surface area contributed by atoms with Crippen LogP contribution in [-0.4, -0.2) is 51.5 Å². The molecule has 1 aromatic heterocycles. The van der Waals surface area contributed by atoms with Gasteiger partial charge in [0.15, 0.2) is 0 Å². The number of hydrogen-bond acceptors (Lipinski definition) is 6. The van der Waals surface area contributed by atoms with Crippen LogP contribution < -0.4 is 5.32 Å². The summed E-state index contributed by atoms with van der Waals surface area (Å²) in [5.41, 5.74) is 2.44. The number of aliphatic hydroxyl groups is 1. The Hall–Kier alpha value is -3.61. The van der Waals surface area contributed by atoms with Crippen LogP contribution in [-0.2, 0) is 4.79 Å². The van der Waals surface area contributed by atoms with E-state index in [1.165, 1.54) is 23.5 Å². The standard InChI is InChI=1S/C32H33FN4O3S/c33-23-11-9-21(10-12-23)30-35-27(25-3-1-2-4-26(25)29(39)36-32(19-34)15-16-32)28(41-30)20-5-7-22(8-6-20)31(40)37-17-13-24(38)14-18-37/h5-12,24-26,38H,1-4,13-18H2,(H,36,39)/t25-,26-/m1/s1. The molecule has 1 aliphatic heterocycles. The van der Waals surface area contributed by atoms with Crippen LogP contribution >= 0.6 is 11.3 Å². The van der Waals surface area contributed by atoms with Gasteiger partial charge in [-0.2, -0.15) is 5.26 Å². The monoisotopic (exact) mass is 572 g/mol. The Labute approximate surface area is 243 Å². The summed E-state index contributed by atoms with van der Waals surface area (Å²) in [6.07, 6.45) is 5.69. The fourth-order valence-corrected chi connectivity index (χ4v) is 7.16. The first-order valence-electron chi connectivity index (χ1n) is 14.4. The smallest absolute Gasteiger partial charge is 0.253 e. The van der Waals surface area contributed by atoms with Crippen LogP contribution in [0.1, 0.15) is 73.3 Å². The SMILES string of the molecule is N#CC1(NC(=O)[C@@H]2CCCC[C@H]2c2nc(-c3ccc(F)cc3)sc2-c2ccc(C(=O)N3CCC(O)CC3)cc2)CC1. The molecule has 41 heavy (non-hydrogen) atoms. The summed E-state index contributed by atoms with van der Waals surface area (Å²) in [5.74, 6) is -0.838. The number of amides is 2. The summed E-state index contributed by atoms with van der Waals surface area (Å²) in [6.45, 7) is 1.08. The van der Waals surface area contributed by atoms with E-state index in [1.54, 1.807) is 17.0 Å². The number of likely N-dealkylation sites (tertiary alicyclic amines) is 1. The Balaban J connectivity index is 1.33. The van der Waals surface area contributed by atoms with Gasteiger partial charge in [-0.3, -0.25) is 9.59 Å². The van der Waals surface area contributed by atoms with Gasteiger partial charge in [0.1, 0.15) is 16.4 Å². The second-order valence-electron chi connectivity index (χ2n) is 11.5. The quantitative estimate of drug-likeness (QED) is 0.397. The number of carbonyl (C=O) groups is 2. The van der Waals surface area contributed by atoms with Crippen LogP contribution in [0.15, 0.2) is 48.5 Å². The molecule has 3 aromatic rings. The predicted molar refractivity (Wildman–Crippen MR) is 155 cm³/mol. The minimum absolute atomic E-state index is 0.0458. The predicted octanol–water partition coefficient (Wildman–Crippen LogP) is 5.66. The van der Waals surface area contributed by atoms with Crippen LogP contribution in [0.5, 0.6) is 0 Å². The number of nitrogens with zero attached hydrogens (tertiary/aromatic N) is 3. The molecule has 2 N–H and O–H groups in total. The van der Waals surface area contributed by atoms with Crippen LogP contribution in [0.3, 0.4) is 0 Å². The highest BCUT2D eigenvalue weighted by Gasteiger charge is 2.47. The number of rotatable bonds is 6. The molecule has 2 aromatic carbocycles. The van der Waals surface area contributed by atoms with Gasteiger partial charge >= 0.3 is 0 Å². The highest BCUT2D eigenvalue weighted by molar-refractivity contribution is 7.18. The third-order valence-corrected chi connectivity index (χ3v) is 9.84. The minimum Gasteiger partial charge on any atom is -0.393 e. The number of aromatic nitrogens is 1. The van der Waals surface area contributed by atoms with Gasteiger partial charge in [-0.25, -0.2) is 9.37 Å². The van der Waals surface area contributed by atoms with Crippen molar-refractivity contribution in [1.82, 2.24) is 15.2 Å². The number of piperidine rings is 1. The van der Waals surface area contributed by atoms with Gasteiger partial charge in [0, 0.05) is 36.1 Å². The second kappa shape index (κ2) is 11.3. The third kappa shape index (κ3) is 5.77. The first-order valence-corrected chi connectivity index (χ1v) is 15.3. The number of hydrogen-bond donors (Lipinski definition) is 2. The van der Waals surface area contributed by atoms with Crippen molar-refractivity contribution >= 4 is 23.2 Å². The maximum atomic E-state index is 13.7. The molecule has 2 heterocycles. The van der Waals surface area contributed by atoms with Crippen LogP contribution in [0.25, 0.3) is 21.0 Å². The Morgan fingerprint density at radius 1 is 1.00 bits per heavy atom. The highest BCUT2D eigenvalue weighted by Crippen LogP contribution is 2.46. The largest absolute Gasteiger partial charge is 0.393 e. The number of halogens is 1. The van der Waals surface area contributed by atoms with Gasteiger partial charge in [0.2, 0.25) is 5.91 Å². The summed E-state index contributed by atoms with van der Waals surface area (Å²) >= 11 is 1.51. The van der Waals surface area contributed by atoms with E-state index >= 15 is 0 Å². The summed E-state index contributed by atoms with van der Waals surface area (Å²) in [4.78, 5) is 34.3. The van der Waals surface area contributed by atoms with Gasteiger partial charge in [0.05, 0.1) is 22.7 Å². The van der Waals surface area contributed by atoms with Crippen LogP contribution in [0, 0.1) is 23.1 Å². The minimum atomic E-state index is -0.724. The zero-order valence-corrected chi connectivity index (χ0v) is 23.6. The van der Waals surface area contributed by atoms with E-state index in [0.717, 1.165) is 52.4 Å². The van der Waals surface area contributed by atoms with E-state index in [1.807, 2.05) is 24.3 Å². The normalized spacial score (nSPS) is 22.1. The van der Waals surface area contributed by atoms with Crippen molar-refractivity contribution in [2.24, 2.45) is 5.92 Å². The molecule has 0 radical (unpaired) electrons. The van der Waals surface area contributed by atoms with E-state index < -0.39 is 5.54 Å². The summed E-state index contributed by atoms with van der Waals surface area (Å²) in [5, 5.41) is 23.1. The first kappa shape index (κ1) is 27.6. The molecule has 0 spiro atoms. The average Bonchev–Trinajstić information content (AvgIpc) is 3.64. The van der Waals surface area contributed by atoms with Crippen LogP contribution in [0.2, 0.25) is 0 Å². The maximum absolute atomic E-state index is 13.7. The molecule has 9 heteroatoms.